The molecule has 4 rings (SSSR count). The van der Waals surface area contributed by atoms with E-state index in [4.69, 9.17) is 5.11 Å². The maximum absolute atomic E-state index is 13.1. The highest BCUT2D eigenvalue weighted by molar-refractivity contribution is 7.13. The zero-order valence-electron chi connectivity index (χ0n) is 15.1. The van der Waals surface area contributed by atoms with Crippen LogP contribution in [0.2, 0.25) is 0 Å². The minimum absolute atomic E-state index is 0.0655. The van der Waals surface area contributed by atoms with Crippen LogP contribution < -0.4 is 4.90 Å². The van der Waals surface area contributed by atoms with Gasteiger partial charge in [0.2, 0.25) is 0 Å². The van der Waals surface area contributed by atoms with E-state index in [1.165, 1.54) is 18.2 Å². The van der Waals surface area contributed by atoms with Gasteiger partial charge in [-0.05, 0) is 36.4 Å². The van der Waals surface area contributed by atoms with E-state index in [0.717, 1.165) is 49.0 Å². The first-order valence-electron chi connectivity index (χ1n) is 8.96. The SMILES string of the molecule is O=C(O)c1cccc(N2CCN(Cc3csc(-c4ccc(F)cc4)n3)CC2)n1. The van der Waals surface area contributed by atoms with Crippen molar-refractivity contribution in [2.75, 3.05) is 31.1 Å². The second-order valence-electron chi connectivity index (χ2n) is 6.60. The molecule has 0 aliphatic carbocycles. The van der Waals surface area contributed by atoms with Crippen molar-refractivity contribution in [2.24, 2.45) is 0 Å². The molecular weight excluding hydrogens is 379 g/mol. The van der Waals surface area contributed by atoms with Crippen molar-refractivity contribution < 1.29 is 14.3 Å². The number of pyridine rings is 1. The lowest BCUT2D eigenvalue weighted by atomic mass is 10.2. The standard InChI is InChI=1S/C20H19FN4O2S/c21-15-6-4-14(5-7-15)19-22-16(13-28-19)12-24-8-10-25(11-9-24)18-3-1-2-17(23-18)20(26)27/h1-7,13H,8-12H2,(H,26,27). The lowest BCUT2D eigenvalue weighted by molar-refractivity contribution is 0.0690. The molecule has 0 bridgehead atoms. The van der Waals surface area contributed by atoms with Gasteiger partial charge in [0, 0.05) is 43.7 Å². The highest BCUT2D eigenvalue weighted by Gasteiger charge is 2.20. The smallest absolute Gasteiger partial charge is 0.354 e. The molecule has 8 heteroatoms. The topological polar surface area (TPSA) is 69.6 Å². The Bertz CT molecular complexity index is 968. The first-order valence-corrected chi connectivity index (χ1v) is 9.84. The second kappa shape index (κ2) is 8.04. The van der Waals surface area contributed by atoms with Gasteiger partial charge in [0.15, 0.2) is 5.69 Å². The minimum Gasteiger partial charge on any atom is -0.477 e. The number of hydrogen-bond donors (Lipinski definition) is 1. The first-order chi connectivity index (χ1) is 13.6. The summed E-state index contributed by atoms with van der Waals surface area (Å²) in [6.07, 6.45) is 0. The van der Waals surface area contributed by atoms with Crippen LogP contribution >= 0.6 is 11.3 Å². The summed E-state index contributed by atoms with van der Waals surface area (Å²) in [4.78, 5) is 24.4. The van der Waals surface area contributed by atoms with Crippen LogP contribution in [0, 0.1) is 5.82 Å². The fourth-order valence-electron chi connectivity index (χ4n) is 3.19. The molecule has 1 aliphatic rings. The van der Waals surface area contributed by atoms with Gasteiger partial charge in [0.1, 0.15) is 16.6 Å². The van der Waals surface area contributed by atoms with Crippen LogP contribution in [0.25, 0.3) is 10.6 Å². The Balaban J connectivity index is 1.35. The molecule has 28 heavy (non-hydrogen) atoms. The fourth-order valence-corrected chi connectivity index (χ4v) is 4.00. The number of halogens is 1. The Morgan fingerprint density at radius 3 is 2.54 bits per heavy atom. The highest BCUT2D eigenvalue weighted by atomic mass is 32.1. The molecule has 1 N–H and O–H groups in total. The highest BCUT2D eigenvalue weighted by Crippen LogP contribution is 2.25. The van der Waals surface area contributed by atoms with Crippen molar-refractivity contribution >= 4 is 23.1 Å². The number of aromatic nitrogens is 2. The van der Waals surface area contributed by atoms with Crippen molar-refractivity contribution in [1.29, 1.82) is 0 Å². The van der Waals surface area contributed by atoms with Crippen molar-refractivity contribution in [2.45, 2.75) is 6.54 Å². The maximum atomic E-state index is 13.1. The van der Waals surface area contributed by atoms with E-state index in [9.17, 15) is 9.18 Å². The number of anilines is 1. The Morgan fingerprint density at radius 2 is 1.82 bits per heavy atom. The first kappa shape index (κ1) is 18.5. The Kier molecular flexibility index (Phi) is 5.31. The number of aromatic carboxylic acids is 1. The Labute approximate surface area is 165 Å². The normalized spacial score (nSPS) is 15.0. The fraction of sp³-hybridized carbons (Fsp3) is 0.250. The predicted molar refractivity (Wildman–Crippen MR) is 106 cm³/mol. The Hall–Kier alpha value is -2.84. The summed E-state index contributed by atoms with van der Waals surface area (Å²) < 4.78 is 13.1. The quantitative estimate of drug-likeness (QED) is 0.711. The minimum atomic E-state index is -1.01. The predicted octanol–water partition coefficient (Wildman–Crippen LogP) is 3.36. The number of nitrogens with zero attached hydrogens (tertiary/aromatic N) is 4. The number of benzene rings is 1. The molecule has 0 amide bonds. The van der Waals surface area contributed by atoms with Crippen molar-refractivity contribution in [1.82, 2.24) is 14.9 Å². The number of hydrogen-bond acceptors (Lipinski definition) is 6. The zero-order valence-corrected chi connectivity index (χ0v) is 15.9. The van der Waals surface area contributed by atoms with Gasteiger partial charge < -0.3 is 10.0 Å². The molecule has 0 unspecified atom stereocenters. The summed E-state index contributed by atoms with van der Waals surface area (Å²) in [6.45, 7) is 4.02. The summed E-state index contributed by atoms with van der Waals surface area (Å²) in [5, 5.41) is 12.0. The number of thiazole rings is 1. The van der Waals surface area contributed by atoms with Crippen LogP contribution in [0.3, 0.4) is 0 Å². The van der Waals surface area contributed by atoms with Crippen LogP contribution in [0.5, 0.6) is 0 Å². The van der Waals surface area contributed by atoms with E-state index in [-0.39, 0.29) is 11.5 Å². The summed E-state index contributed by atoms with van der Waals surface area (Å²) in [5.74, 6) is -0.561. The van der Waals surface area contributed by atoms with Crippen LogP contribution in [-0.2, 0) is 6.54 Å². The molecule has 1 fully saturated rings. The van der Waals surface area contributed by atoms with Crippen molar-refractivity contribution in [3.63, 3.8) is 0 Å². The lowest BCUT2D eigenvalue weighted by Gasteiger charge is -2.35. The molecule has 3 aromatic rings. The molecule has 0 saturated carbocycles. The van der Waals surface area contributed by atoms with E-state index in [1.54, 1.807) is 29.5 Å². The molecule has 0 atom stereocenters. The van der Waals surface area contributed by atoms with E-state index < -0.39 is 5.97 Å². The molecule has 6 nitrogen and oxygen atoms in total. The average Bonchev–Trinajstić information content (AvgIpc) is 3.17. The van der Waals surface area contributed by atoms with Crippen LogP contribution in [-0.4, -0.2) is 52.1 Å². The molecule has 0 radical (unpaired) electrons. The monoisotopic (exact) mass is 398 g/mol. The maximum Gasteiger partial charge on any atom is 0.354 e. The lowest BCUT2D eigenvalue weighted by Crippen LogP contribution is -2.46. The molecule has 144 valence electrons. The molecule has 2 aromatic heterocycles. The Morgan fingerprint density at radius 1 is 1.07 bits per heavy atom. The third-order valence-corrected chi connectivity index (χ3v) is 5.62. The van der Waals surface area contributed by atoms with Gasteiger partial charge >= 0.3 is 5.97 Å². The summed E-state index contributed by atoms with van der Waals surface area (Å²) in [7, 11) is 0. The molecule has 1 aliphatic heterocycles. The molecular formula is C20H19FN4O2S. The van der Waals surface area contributed by atoms with Crippen molar-refractivity contribution in [3.05, 3.63) is 65.0 Å². The van der Waals surface area contributed by atoms with Gasteiger partial charge in [0.05, 0.1) is 5.69 Å². The van der Waals surface area contributed by atoms with Gasteiger partial charge in [-0.15, -0.1) is 11.3 Å². The van der Waals surface area contributed by atoms with Crippen LogP contribution in [0.1, 0.15) is 16.2 Å². The average molecular weight is 398 g/mol. The summed E-state index contributed by atoms with van der Waals surface area (Å²) in [5.41, 5.74) is 1.99. The van der Waals surface area contributed by atoms with Gasteiger partial charge in [-0.2, -0.15) is 0 Å². The second-order valence-corrected chi connectivity index (χ2v) is 7.46. The molecule has 1 saturated heterocycles. The largest absolute Gasteiger partial charge is 0.477 e. The van der Waals surface area contributed by atoms with E-state index >= 15 is 0 Å². The van der Waals surface area contributed by atoms with Gasteiger partial charge in [-0.3, -0.25) is 4.90 Å². The van der Waals surface area contributed by atoms with Crippen LogP contribution in [0.15, 0.2) is 47.8 Å². The van der Waals surface area contributed by atoms with E-state index in [2.05, 4.69) is 19.8 Å². The third-order valence-electron chi connectivity index (χ3n) is 4.68. The summed E-state index contributed by atoms with van der Waals surface area (Å²) >= 11 is 1.56. The van der Waals surface area contributed by atoms with Gasteiger partial charge in [-0.25, -0.2) is 19.2 Å². The van der Waals surface area contributed by atoms with E-state index in [1.807, 2.05) is 11.4 Å². The number of piperazine rings is 1. The number of rotatable bonds is 5. The van der Waals surface area contributed by atoms with Gasteiger partial charge in [0.25, 0.3) is 0 Å². The third kappa shape index (κ3) is 4.18. The van der Waals surface area contributed by atoms with E-state index in [0.29, 0.717) is 5.82 Å². The number of carboxylic acids is 1. The molecule has 1 aromatic carbocycles. The molecule has 0 spiro atoms. The number of carbonyl (C=O) groups is 1. The van der Waals surface area contributed by atoms with Crippen LogP contribution in [0.4, 0.5) is 10.2 Å². The summed E-state index contributed by atoms with van der Waals surface area (Å²) in [6, 6.07) is 11.5. The van der Waals surface area contributed by atoms with Crippen molar-refractivity contribution in [3.8, 4) is 10.6 Å². The zero-order chi connectivity index (χ0) is 19.5. The molecule has 3 heterocycles. The number of carboxylic acid groups (broad SMARTS) is 1. The van der Waals surface area contributed by atoms with Gasteiger partial charge in [-0.1, -0.05) is 6.07 Å².